The summed E-state index contributed by atoms with van der Waals surface area (Å²) in [4.78, 5) is 11.8. The van der Waals surface area contributed by atoms with Crippen LogP contribution in [0.2, 0.25) is 5.02 Å². The first-order chi connectivity index (χ1) is 9.67. The Morgan fingerprint density at radius 2 is 1.75 bits per heavy atom. The van der Waals surface area contributed by atoms with Crippen molar-refractivity contribution in [1.29, 1.82) is 0 Å². The fourth-order valence-corrected chi connectivity index (χ4v) is 1.98. The smallest absolute Gasteiger partial charge is 0.286 e. The molecule has 4 heteroatoms. The highest BCUT2D eigenvalue weighted by atomic mass is 35.5. The third kappa shape index (κ3) is 4.35. The molecule has 1 N–H and O–H groups in total. The van der Waals surface area contributed by atoms with Crippen LogP contribution in [0.4, 0.5) is 0 Å². The fraction of sp³-hybridized carbons (Fsp3) is 0.250. The number of carbonyl (C=O) groups excluding carboxylic acids is 1. The van der Waals surface area contributed by atoms with E-state index in [1.165, 1.54) is 5.56 Å². The number of hydrogen-bond donors (Lipinski definition) is 1. The minimum absolute atomic E-state index is 0.00537. The van der Waals surface area contributed by atoms with Gasteiger partial charge in [-0.25, -0.2) is 0 Å². The molecule has 1 heterocycles. The average Bonchev–Trinajstić information content (AvgIpc) is 2.47. The number of nitrogens with one attached hydrogen (secondary N) is 1. The molecule has 0 atom stereocenters. The van der Waals surface area contributed by atoms with Crippen LogP contribution < -0.4 is 9.88 Å². The van der Waals surface area contributed by atoms with E-state index in [0.29, 0.717) is 18.1 Å². The molecule has 1 aromatic carbocycles. The van der Waals surface area contributed by atoms with Crippen molar-refractivity contribution in [2.75, 3.05) is 0 Å². The molecule has 1 amide bonds. The lowest BCUT2D eigenvalue weighted by Crippen LogP contribution is -2.42. The molecule has 0 radical (unpaired) electrons. The van der Waals surface area contributed by atoms with E-state index in [9.17, 15) is 4.79 Å². The summed E-state index contributed by atoms with van der Waals surface area (Å²) in [5.41, 5.74) is 2.30. The fourth-order valence-electron chi connectivity index (χ4n) is 1.85. The van der Waals surface area contributed by atoms with Gasteiger partial charge in [0.25, 0.3) is 5.91 Å². The topological polar surface area (TPSA) is 33.0 Å². The second-order valence-corrected chi connectivity index (χ2v) is 5.07. The number of aromatic nitrogens is 1. The molecule has 0 aliphatic carbocycles. The molecule has 0 spiro atoms. The molecule has 0 aliphatic heterocycles. The van der Waals surface area contributed by atoms with Crippen LogP contribution in [0.5, 0.6) is 0 Å². The Bertz CT molecular complexity index is 564. The zero-order chi connectivity index (χ0) is 14.4. The van der Waals surface area contributed by atoms with Crippen molar-refractivity contribution in [3.05, 3.63) is 64.9 Å². The van der Waals surface area contributed by atoms with Gasteiger partial charge in [0.2, 0.25) is 6.54 Å². The first-order valence-electron chi connectivity index (χ1n) is 6.66. The molecule has 1 aromatic heterocycles. The monoisotopic (exact) mass is 289 g/mol. The van der Waals surface area contributed by atoms with E-state index in [1.807, 2.05) is 53.4 Å². The lowest BCUT2D eigenvalue weighted by Gasteiger charge is -2.04. The van der Waals surface area contributed by atoms with Crippen molar-refractivity contribution in [2.45, 2.75) is 26.4 Å². The zero-order valence-electron chi connectivity index (χ0n) is 11.5. The molecule has 20 heavy (non-hydrogen) atoms. The molecule has 0 bridgehead atoms. The molecule has 2 rings (SSSR count). The van der Waals surface area contributed by atoms with Crippen LogP contribution >= 0.6 is 11.6 Å². The quantitative estimate of drug-likeness (QED) is 0.843. The number of benzene rings is 1. The largest absolute Gasteiger partial charge is 0.347 e. The van der Waals surface area contributed by atoms with E-state index in [1.54, 1.807) is 0 Å². The predicted molar refractivity (Wildman–Crippen MR) is 79.3 cm³/mol. The Kier molecular flexibility index (Phi) is 5.13. The normalized spacial score (nSPS) is 10.3. The van der Waals surface area contributed by atoms with Gasteiger partial charge in [0.05, 0.1) is 0 Å². The van der Waals surface area contributed by atoms with Gasteiger partial charge in [-0.3, -0.25) is 4.79 Å². The van der Waals surface area contributed by atoms with Gasteiger partial charge in [-0.1, -0.05) is 30.7 Å². The van der Waals surface area contributed by atoms with Crippen molar-refractivity contribution in [1.82, 2.24) is 5.32 Å². The third-order valence-corrected chi connectivity index (χ3v) is 3.35. The van der Waals surface area contributed by atoms with Crippen LogP contribution in [0.3, 0.4) is 0 Å². The SMILES string of the molecule is CCc1cc[n+](CC(=O)NCc2ccc(Cl)cc2)cc1. The van der Waals surface area contributed by atoms with Gasteiger partial charge in [-0.15, -0.1) is 0 Å². The number of aryl methyl sites for hydroxylation is 1. The van der Waals surface area contributed by atoms with Crippen LogP contribution in [-0.2, 0) is 24.3 Å². The summed E-state index contributed by atoms with van der Waals surface area (Å²) in [6.45, 7) is 2.96. The summed E-state index contributed by atoms with van der Waals surface area (Å²) < 4.78 is 1.87. The van der Waals surface area contributed by atoms with Crippen LogP contribution in [-0.4, -0.2) is 5.91 Å². The van der Waals surface area contributed by atoms with Gasteiger partial charge < -0.3 is 5.32 Å². The number of amides is 1. The molecule has 3 nitrogen and oxygen atoms in total. The Morgan fingerprint density at radius 1 is 1.10 bits per heavy atom. The van der Waals surface area contributed by atoms with E-state index < -0.39 is 0 Å². The zero-order valence-corrected chi connectivity index (χ0v) is 12.2. The van der Waals surface area contributed by atoms with Gasteiger partial charge in [-0.05, 0) is 29.7 Å². The number of hydrogen-bond acceptors (Lipinski definition) is 1. The highest BCUT2D eigenvalue weighted by Gasteiger charge is 2.08. The van der Waals surface area contributed by atoms with E-state index in [-0.39, 0.29) is 5.91 Å². The number of pyridine rings is 1. The number of halogens is 1. The number of rotatable bonds is 5. The van der Waals surface area contributed by atoms with Crippen molar-refractivity contribution in [3.63, 3.8) is 0 Å². The van der Waals surface area contributed by atoms with Crippen LogP contribution in [0, 0.1) is 0 Å². The Morgan fingerprint density at radius 3 is 2.35 bits per heavy atom. The van der Waals surface area contributed by atoms with E-state index in [0.717, 1.165) is 12.0 Å². The van der Waals surface area contributed by atoms with Gasteiger partial charge >= 0.3 is 0 Å². The lowest BCUT2D eigenvalue weighted by atomic mass is 10.2. The molecule has 0 unspecified atom stereocenters. The van der Waals surface area contributed by atoms with Crippen LogP contribution in [0.25, 0.3) is 0 Å². The molecular weight excluding hydrogens is 272 g/mol. The van der Waals surface area contributed by atoms with Gasteiger partial charge in [0.1, 0.15) is 0 Å². The average molecular weight is 290 g/mol. The van der Waals surface area contributed by atoms with Crippen LogP contribution in [0.1, 0.15) is 18.1 Å². The first-order valence-corrected chi connectivity index (χ1v) is 7.04. The van der Waals surface area contributed by atoms with E-state index in [2.05, 4.69) is 12.2 Å². The molecule has 0 aliphatic rings. The summed E-state index contributed by atoms with van der Waals surface area (Å²) in [5, 5.41) is 3.59. The third-order valence-electron chi connectivity index (χ3n) is 3.10. The molecule has 0 fully saturated rings. The van der Waals surface area contributed by atoms with Crippen molar-refractivity contribution in [3.8, 4) is 0 Å². The second-order valence-electron chi connectivity index (χ2n) is 4.64. The van der Waals surface area contributed by atoms with Gasteiger partial charge in [0.15, 0.2) is 12.4 Å². The maximum absolute atomic E-state index is 11.8. The number of carbonyl (C=O) groups is 1. The molecule has 0 saturated carbocycles. The van der Waals surface area contributed by atoms with Crippen molar-refractivity contribution in [2.24, 2.45) is 0 Å². The minimum atomic E-state index is -0.00537. The summed E-state index contributed by atoms with van der Waals surface area (Å²) >= 11 is 5.82. The summed E-state index contributed by atoms with van der Waals surface area (Å²) in [7, 11) is 0. The molecule has 2 aromatic rings. The second kappa shape index (κ2) is 7.06. The van der Waals surface area contributed by atoms with E-state index in [4.69, 9.17) is 11.6 Å². The predicted octanol–water partition coefficient (Wildman–Crippen LogP) is 2.51. The van der Waals surface area contributed by atoms with E-state index >= 15 is 0 Å². The Labute approximate surface area is 124 Å². The first kappa shape index (κ1) is 14.5. The molecule has 104 valence electrons. The van der Waals surface area contributed by atoms with Gasteiger partial charge in [-0.2, -0.15) is 4.57 Å². The maximum Gasteiger partial charge on any atom is 0.286 e. The number of nitrogens with zero attached hydrogens (tertiary/aromatic N) is 1. The maximum atomic E-state index is 11.8. The minimum Gasteiger partial charge on any atom is -0.347 e. The Hall–Kier alpha value is -1.87. The van der Waals surface area contributed by atoms with Gasteiger partial charge in [0, 0.05) is 23.7 Å². The standard InChI is InChI=1S/C16H17ClN2O/c1-2-13-7-9-19(10-8-13)12-16(20)18-11-14-3-5-15(17)6-4-14/h3-10H,2,11-12H2,1H3/p+1. The van der Waals surface area contributed by atoms with Crippen molar-refractivity contribution >= 4 is 17.5 Å². The Balaban J connectivity index is 1.84. The highest BCUT2D eigenvalue weighted by molar-refractivity contribution is 6.30. The summed E-state index contributed by atoms with van der Waals surface area (Å²) in [5.74, 6) is -0.00537. The molecule has 0 saturated heterocycles. The van der Waals surface area contributed by atoms with Crippen molar-refractivity contribution < 1.29 is 9.36 Å². The van der Waals surface area contributed by atoms with Crippen LogP contribution in [0.15, 0.2) is 48.8 Å². The summed E-state index contributed by atoms with van der Waals surface area (Å²) in [6, 6.07) is 11.5. The summed E-state index contributed by atoms with van der Waals surface area (Å²) in [6.07, 6.45) is 4.87. The lowest BCUT2D eigenvalue weighted by molar-refractivity contribution is -0.684. The highest BCUT2D eigenvalue weighted by Crippen LogP contribution is 2.08. The molecular formula is C16H18ClN2O+.